The van der Waals surface area contributed by atoms with Crippen molar-refractivity contribution in [2.24, 2.45) is 11.8 Å². The number of ether oxygens (including phenoxy) is 2. The molecule has 0 amide bonds. The molecule has 1 aliphatic rings. The molecule has 11 heteroatoms. The van der Waals surface area contributed by atoms with Gasteiger partial charge in [0.1, 0.15) is 17.2 Å². The molecule has 4 heterocycles. The summed E-state index contributed by atoms with van der Waals surface area (Å²) in [5.74, 6) is -0.560. The fourth-order valence-electron chi connectivity index (χ4n) is 4.33. The van der Waals surface area contributed by atoms with E-state index >= 15 is 0 Å². The lowest BCUT2D eigenvalue weighted by Gasteiger charge is -2.40. The molecule has 36 heavy (non-hydrogen) atoms. The van der Waals surface area contributed by atoms with Gasteiger partial charge < -0.3 is 19.5 Å². The van der Waals surface area contributed by atoms with Gasteiger partial charge in [-0.2, -0.15) is 0 Å². The first-order valence-corrected chi connectivity index (χ1v) is 12.8. The molecule has 0 bridgehead atoms. The molecule has 0 unspecified atom stereocenters. The van der Waals surface area contributed by atoms with Crippen molar-refractivity contribution < 1.29 is 24.2 Å². The third kappa shape index (κ3) is 5.32. The highest BCUT2D eigenvalue weighted by atomic mass is 32.1. The van der Waals surface area contributed by atoms with Crippen LogP contribution in [0, 0.1) is 18.8 Å². The molecular weight excluding hydrogens is 484 g/mol. The second-order valence-corrected chi connectivity index (χ2v) is 9.69. The number of aryl methyl sites for hydroxylation is 1. The number of carbonyl (C=O) groups excluding carboxylic acids is 1. The molecule has 0 atom stereocenters. The second kappa shape index (κ2) is 11.3. The van der Waals surface area contributed by atoms with Gasteiger partial charge in [-0.05, 0) is 32.4 Å². The summed E-state index contributed by atoms with van der Waals surface area (Å²) in [5, 5.41) is 12.1. The summed E-state index contributed by atoms with van der Waals surface area (Å²) < 4.78 is 12.6. The van der Waals surface area contributed by atoms with Crippen molar-refractivity contribution in [1.82, 2.24) is 14.5 Å². The quantitative estimate of drug-likeness (QED) is 0.388. The summed E-state index contributed by atoms with van der Waals surface area (Å²) in [5.41, 5.74) is 0.0571. The normalized spacial score (nSPS) is 13.9. The number of rotatable bonds is 12. The zero-order chi connectivity index (χ0) is 25.8. The molecule has 10 nitrogen and oxygen atoms in total. The largest absolute Gasteiger partial charge is 0.477 e. The van der Waals surface area contributed by atoms with E-state index < -0.39 is 11.4 Å². The van der Waals surface area contributed by atoms with Crippen molar-refractivity contribution in [1.29, 1.82) is 0 Å². The number of nitrogens with zero attached hydrogens (tertiary/aromatic N) is 4. The Hall–Kier alpha value is -3.15. The van der Waals surface area contributed by atoms with Crippen LogP contribution in [0.2, 0.25) is 0 Å². The summed E-state index contributed by atoms with van der Waals surface area (Å²) in [4.78, 5) is 48.6. The summed E-state index contributed by atoms with van der Waals surface area (Å²) in [7, 11) is 0. The number of hydrogen-bond donors (Lipinski definition) is 1. The van der Waals surface area contributed by atoms with Gasteiger partial charge in [-0.15, -0.1) is 11.3 Å². The molecule has 1 N–H and O–H groups in total. The van der Waals surface area contributed by atoms with Gasteiger partial charge >= 0.3 is 5.97 Å². The molecule has 1 fully saturated rings. The number of pyridine rings is 2. The average molecular weight is 515 g/mol. The fraction of sp³-hybridized carbons (Fsp3) is 0.480. The summed E-state index contributed by atoms with van der Waals surface area (Å²) in [6.07, 6.45) is 3.29. The van der Waals surface area contributed by atoms with Crippen LogP contribution in [-0.2, 0) is 14.3 Å². The first kappa shape index (κ1) is 25.9. The fourth-order valence-corrected chi connectivity index (χ4v) is 4.95. The van der Waals surface area contributed by atoms with Crippen molar-refractivity contribution in [3.8, 4) is 5.13 Å². The lowest BCUT2D eigenvalue weighted by atomic mass is 9.89. The maximum absolute atomic E-state index is 12.9. The van der Waals surface area contributed by atoms with E-state index in [4.69, 9.17) is 14.5 Å². The number of carbonyl (C=O) groups is 2. The zero-order valence-electron chi connectivity index (χ0n) is 20.6. The Morgan fingerprint density at radius 1 is 1.22 bits per heavy atom. The molecule has 0 aromatic carbocycles. The predicted molar refractivity (Wildman–Crippen MR) is 137 cm³/mol. The van der Waals surface area contributed by atoms with Crippen LogP contribution in [0.5, 0.6) is 0 Å². The summed E-state index contributed by atoms with van der Waals surface area (Å²) in [6, 6.07) is 1.77. The molecular formula is C25H30N4O6S. The topological polar surface area (TPSA) is 124 Å². The Labute approximate surface area is 212 Å². The van der Waals surface area contributed by atoms with Gasteiger partial charge in [0.25, 0.3) is 0 Å². The molecule has 3 aromatic heterocycles. The Morgan fingerprint density at radius 3 is 2.50 bits per heavy atom. The Bertz CT molecular complexity index is 1290. The number of aromatic nitrogens is 3. The highest BCUT2D eigenvalue weighted by Gasteiger charge is 2.35. The highest BCUT2D eigenvalue weighted by Crippen LogP contribution is 2.29. The van der Waals surface area contributed by atoms with Crippen LogP contribution in [0.15, 0.2) is 28.6 Å². The highest BCUT2D eigenvalue weighted by molar-refractivity contribution is 7.12. The van der Waals surface area contributed by atoms with E-state index in [2.05, 4.69) is 4.98 Å². The standard InChI is InChI=1S/C25H30N4O6S/c1-4-34-13-16(14-35-5-2)9-19(30)17-10-28(11-17)20-8-15(3)21-22(31)18(24(32)33)12-29(23(21)27-20)25-26-6-7-36-25/h6-8,12,16-17H,4-5,9-11,13-14H2,1-3H3,(H,32,33). The van der Waals surface area contributed by atoms with E-state index in [-0.39, 0.29) is 28.6 Å². The molecule has 3 aromatic rings. The molecule has 4 rings (SSSR count). The number of carboxylic acid groups (broad SMARTS) is 1. The Balaban J connectivity index is 1.57. The van der Waals surface area contributed by atoms with Crippen LogP contribution in [0.3, 0.4) is 0 Å². The first-order chi connectivity index (χ1) is 17.3. The van der Waals surface area contributed by atoms with Gasteiger partial charge in [-0.3, -0.25) is 14.2 Å². The number of thiazole rings is 1. The van der Waals surface area contributed by atoms with Gasteiger partial charge in [-0.25, -0.2) is 14.8 Å². The predicted octanol–water partition coefficient (Wildman–Crippen LogP) is 2.93. The van der Waals surface area contributed by atoms with E-state index in [1.807, 2.05) is 18.7 Å². The van der Waals surface area contributed by atoms with Crippen LogP contribution >= 0.6 is 11.3 Å². The van der Waals surface area contributed by atoms with Crippen molar-refractivity contribution in [3.63, 3.8) is 0 Å². The number of ketones is 1. The van der Waals surface area contributed by atoms with Crippen molar-refractivity contribution in [2.45, 2.75) is 27.2 Å². The average Bonchev–Trinajstić information content (AvgIpc) is 3.34. The number of fused-ring (bicyclic) bond motifs is 1. The van der Waals surface area contributed by atoms with Crippen LogP contribution in [0.4, 0.5) is 5.82 Å². The Kier molecular flexibility index (Phi) is 8.12. The van der Waals surface area contributed by atoms with E-state index in [0.29, 0.717) is 68.1 Å². The van der Waals surface area contributed by atoms with Crippen LogP contribution in [0.25, 0.3) is 16.2 Å². The number of carboxylic acids is 1. The summed E-state index contributed by atoms with van der Waals surface area (Å²) >= 11 is 1.32. The van der Waals surface area contributed by atoms with Crippen molar-refractivity contribution in [2.75, 3.05) is 44.4 Å². The minimum absolute atomic E-state index is 0.0312. The number of anilines is 1. The molecule has 0 radical (unpaired) electrons. The molecule has 0 spiro atoms. The van der Waals surface area contributed by atoms with Gasteiger partial charge in [0, 0.05) is 56.4 Å². The van der Waals surface area contributed by atoms with E-state index in [1.54, 1.807) is 29.1 Å². The van der Waals surface area contributed by atoms with Gasteiger partial charge in [-0.1, -0.05) is 0 Å². The lowest BCUT2D eigenvalue weighted by Crippen LogP contribution is -2.51. The lowest BCUT2D eigenvalue weighted by molar-refractivity contribution is -0.125. The number of Topliss-reactive ketones (excluding diaryl/α,β-unsaturated/α-hetero) is 1. The smallest absolute Gasteiger partial charge is 0.341 e. The van der Waals surface area contributed by atoms with Gasteiger partial charge in [0.15, 0.2) is 10.8 Å². The van der Waals surface area contributed by atoms with E-state index in [0.717, 1.165) is 0 Å². The van der Waals surface area contributed by atoms with E-state index in [9.17, 15) is 19.5 Å². The number of aromatic carboxylic acids is 1. The first-order valence-electron chi connectivity index (χ1n) is 12.0. The van der Waals surface area contributed by atoms with Gasteiger partial charge in [0.05, 0.1) is 24.5 Å². The minimum Gasteiger partial charge on any atom is -0.477 e. The van der Waals surface area contributed by atoms with Crippen molar-refractivity contribution >= 4 is 39.9 Å². The summed E-state index contributed by atoms with van der Waals surface area (Å²) in [6.45, 7) is 8.87. The SMILES string of the molecule is CCOCC(COCC)CC(=O)C1CN(c2cc(C)c3c(=O)c(C(=O)O)cn(-c4nccs4)c3n2)C1. The molecule has 1 aliphatic heterocycles. The van der Waals surface area contributed by atoms with Crippen LogP contribution < -0.4 is 10.3 Å². The number of hydrogen-bond acceptors (Lipinski definition) is 9. The maximum Gasteiger partial charge on any atom is 0.341 e. The second-order valence-electron chi connectivity index (χ2n) is 8.81. The molecule has 192 valence electrons. The zero-order valence-corrected chi connectivity index (χ0v) is 21.4. The van der Waals surface area contributed by atoms with Crippen LogP contribution in [0.1, 0.15) is 36.2 Å². The monoisotopic (exact) mass is 514 g/mol. The van der Waals surface area contributed by atoms with Gasteiger partial charge in [0.2, 0.25) is 5.43 Å². The third-order valence-electron chi connectivity index (χ3n) is 6.26. The minimum atomic E-state index is -1.30. The van der Waals surface area contributed by atoms with Crippen molar-refractivity contribution in [3.05, 3.63) is 45.2 Å². The molecule has 0 saturated carbocycles. The molecule has 1 saturated heterocycles. The van der Waals surface area contributed by atoms with Crippen LogP contribution in [-0.4, -0.2) is 70.9 Å². The Morgan fingerprint density at radius 2 is 1.92 bits per heavy atom. The maximum atomic E-state index is 12.9. The third-order valence-corrected chi connectivity index (χ3v) is 7.03. The molecule has 0 aliphatic carbocycles. The van der Waals surface area contributed by atoms with E-state index in [1.165, 1.54) is 17.5 Å².